The van der Waals surface area contributed by atoms with Crippen molar-refractivity contribution in [3.63, 3.8) is 0 Å². The summed E-state index contributed by atoms with van der Waals surface area (Å²) in [7, 11) is 1.63. The molecule has 0 unspecified atom stereocenters. The molecule has 1 heterocycles. The topological polar surface area (TPSA) is 63.9 Å². The van der Waals surface area contributed by atoms with Gasteiger partial charge in [-0.15, -0.1) is 0 Å². The summed E-state index contributed by atoms with van der Waals surface area (Å²) in [6, 6.07) is 5.49. The largest absolute Gasteiger partial charge is 0.496 e. The molecule has 0 atom stereocenters. The smallest absolute Gasteiger partial charge is 0.128 e. The van der Waals surface area contributed by atoms with Crippen LogP contribution in [-0.4, -0.2) is 23.9 Å². The first kappa shape index (κ1) is 12.0. The van der Waals surface area contributed by atoms with E-state index in [0.29, 0.717) is 11.6 Å². The zero-order chi connectivity index (χ0) is 12.3. The lowest BCUT2D eigenvalue weighted by Gasteiger charge is -2.09. The van der Waals surface area contributed by atoms with E-state index >= 15 is 0 Å². The highest BCUT2D eigenvalue weighted by atomic mass is 35.5. The first-order valence-corrected chi connectivity index (χ1v) is 5.70. The van der Waals surface area contributed by atoms with Crippen molar-refractivity contribution in [2.24, 2.45) is 5.73 Å². The van der Waals surface area contributed by atoms with Crippen molar-refractivity contribution in [2.45, 2.75) is 6.42 Å². The summed E-state index contributed by atoms with van der Waals surface area (Å²) in [5, 5.41) is 7.67. The number of ether oxygens (including phenoxy) is 1. The Balaban J connectivity index is 2.51. The molecule has 2 aromatic rings. The first-order valence-electron chi connectivity index (χ1n) is 5.32. The van der Waals surface area contributed by atoms with Gasteiger partial charge in [-0.05, 0) is 36.7 Å². The van der Waals surface area contributed by atoms with Crippen LogP contribution in [0.5, 0.6) is 5.75 Å². The van der Waals surface area contributed by atoms with Crippen LogP contribution in [0, 0.1) is 0 Å². The summed E-state index contributed by atoms with van der Waals surface area (Å²) in [6.07, 6.45) is 2.55. The predicted octanol–water partition coefficient (Wildman–Crippen LogP) is 2.24. The van der Waals surface area contributed by atoms with Crippen molar-refractivity contribution in [3.8, 4) is 17.0 Å². The van der Waals surface area contributed by atoms with Crippen molar-refractivity contribution in [1.82, 2.24) is 10.2 Å². The molecule has 3 N–H and O–H groups in total. The van der Waals surface area contributed by atoms with Gasteiger partial charge in [0.15, 0.2) is 0 Å². The third-order valence-corrected chi connectivity index (χ3v) is 2.80. The third kappa shape index (κ3) is 2.43. The number of H-pyrrole nitrogens is 1. The van der Waals surface area contributed by atoms with E-state index in [0.717, 1.165) is 29.0 Å². The molecular formula is C12H14ClN3O. The Morgan fingerprint density at radius 2 is 2.29 bits per heavy atom. The Kier molecular flexibility index (Phi) is 3.66. The molecule has 0 bridgehead atoms. The molecule has 1 aromatic heterocycles. The molecule has 0 fully saturated rings. The van der Waals surface area contributed by atoms with Gasteiger partial charge < -0.3 is 10.5 Å². The van der Waals surface area contributed by atoms with Crippen molar-refractivity contribution in [3.05, 3.63) is 35.0 Å². The molecule has 0 amide bonds. The molecule has 5 heteroatoms. The molecule has 4 nitrogen and oxygen atoms in total. The van der Waals surface area contributed by atoms with Crippen LogP contribution in [0.1, 0.15) is 5.56 Å². The second-order valence-corrected chi connectivity index (χ2v) is 4.09. The molecule has 1 aromatic carbocycles. The van der Waals surface area contributed by atoms with Gasteiger partial charge in [-0.1, -0.05) is 11.6 Å². The highest BCUT2D eigenvalue weighted by molar-refractivity contribution is 6.31. The number of halogens is 1. The van der Waals surface area contributed by atoms with Crippen LogP contribution >= 0.6 is 11.6 Å². The lowest BCUT2D eigenvalue weighted by Crippen LogP contribution is -2.03. The number of methoxy groups -OCH3 is 1. The second-order valence-electron chi connectivity index (χ2n) is 3.65. The fourth-order valence-corrected chi connectivity index (χ4v) is 1.94. The fourth-order valence-electron chi connectivity index (χ4n) is 1.76. The number of rotatable bonds is 4. The van der Waals surface area contributed by atoms with Gasteiger partial charge in [-0.25, -0.2) is 0 Å². The fraction of sp³-hybridized carbons (Fsp3) is 0.250. The molecule has 0 saturated heterocycles. The van der Waals surface area contributed by atoms with Crippen LogP contribution in [0.25, 0.3) is 11.3 Å². The summed E-state index contributed by atoms with van der Waals surface area (Å²) < 4.78 is 5.32. The van der Waals surface area contributed by atoms with Gasteiger partial charge in [0.1, 0.15) is 5.75 Å². The number of hydrogen-bond acceptors (Lipinski definition) is 3. The van der Waals surface area contributed by atoms with Crippen molar-refractivity contribution >= 4 is 11.6 Å². The monoisotopic (exact) mass is 251 g/mol. The maximum atomic E-state index is 6.01. The zero-order valence-corrected chi connectivity index (χ0v) is 10.3. The molecule has 0 aliphatic carbocycles. The Bertz CT molecular complexity index is 510. The van der Waals surface area contributed by atoms with Crippen molar-refractivity contribution in [2.75, 3.05) is 13.7 Å². The average Bonchev–Trinajstić information content (AvgIpc) is 2.77. The number of nitrogens with zero attached hydrogens (tertiary/aromatic N) is 1. The number of aromatic nitrogens is 2. The van der Waals surface area contributed by atoms with Gasteiger partial charge >= 0.3 is 0 Å². The third-order valence-electron chi connectivity index (χ3n) is 2.56. The molecule has 0 saturated carbocycles. The standard InChI is InChI=1S/C12H14ClN3O/c1-17-11-3-2-9(13)6-10(11)12-8(4-5-14)7-15-16-12/h2-3,6-7H,4-5,14H2,1H3,(H,15,16). The first-order chi connectivity index (χ1) is 8.26. The van der Waals surface area contributed by atoms with Crippen LogP contribution in [-0.2, 0) is 6.42 Å². The minimum Gasteiger partial charge on any atom is -0.496 e. The lowest BCUT2D eigenvalue weighted by molar-refractivity contribution is 0.416. The zero-order valence-electron chi connectivity index (χ0n) is 9.53. The van der Waals surface area contributed by atoms with Gasteiger partial charge in [-0.2, -0.15) is 5.10 Å². The van der Waals surface area contributed by atoms with E-state index in [1.165, 1.54) is 0 Å². The summed E-state index contributed by atoms with van der Waals surface area (Å²) in [5.41, 5.74) is 8.45. The van der Waals surface area contributed by atoms with Crippen LogP contribution in [0.2, 0.25) is 5.02 Å². The van der Waals surface area contributed by atoms with Crippen LogP contribution in [0.4, 0.5) is 0 Å². The van der Waals surface area contributed by atoms with Crippen LogP contribution < -0.4 is 10.5 Å². The van der Waals surface area contributed by atoms with E-state index in [9.17, 15) is 0 Å². The van der Waals surface area contributed by atoms with E-state index in [-0.39, 0.29) is 0 Å². The Labute approximate surface area is 105 Å². The molecule has 0 aliphatic rings. The molecule has 0 aliphatic heterocycles. The quantitative estimate of drug-likeness (QED) is 0.876. The molecule has 2 rings (SSSR count). The molecular weight excluding hydrogens is 238 g/mol. The number of nitrogens with two attached hydrogens (primary N) is 1. The molecule has 90 valence electrons. The lowest BCUT2D eigenvalue weighted by atomic mass is 10.1. The maximum Gasteiger partial charge on any atom is 0.128 e. The number of hydrogen-bond donors (Lipinski definition) is 2. The van der Waals surface area contributed by atoms with Gasteiger partial charge in [0.25, 0.3) is 0 Å². The van der Waals surface area contributed by atoms with E-state index in [4.69, 9.17) is 22.1 Å². The van der Waals surface area contributed by atoms with Crippen molar-refractivity contribution < 1.29 is 4.74 Å². The van der Waals surface area contributed by atoms with Gasteiger partial charge in [-0.3, -0.25) is 5.10 Å². The molecule has 0 spiro atoms. The normalized spacial score (nSPS) is 10.5. The average molecular weight is 252 g/mol. The molecule has 0 radical (unpaired) electrons. The summed E-state index contributed by atoms with van der Waals surface area (Å²) in [5.74, 6) is 0.761. The highest BCUT2D eigenvalue weighted by Gasteiger charge is 2.12. The number of benzene rings is 1. The Hall–Kier alpha value is -1.52. The van der Waals surface area contributed by atoms with Crippen LogP contribution in [0.15, 0.2) is 24.4 Å². The van der Waals surface area contributed by atoms with Crippen molar-refractivity contribution in [1.29, 1.82) is 0 Å². The minimum atomic E-state index is 0.579. The SMILES string of the molecule is COc1ccc(Cl)cc1-c1[nH]ncc1CCN. The minimum absolute atomic E-state index is 0.579. The number of nitrogens with one attached hydrogen (secondary N) is 1. The molecule has 17 heavy (non-hydrogen) atoms. The van der Waals surface area contributed by atoms with E-state index in [1.54, 1.807) is 19.4 Å². The Morgan fingerprint density at radius 1 is 1.47 bits per heavy atom. The number of aromatic amines is 1. The Morgan fingerprint density at radius 3 is 3.00 bits per heavy atom. The maximum absolute atomic E-state index is 6.01. The predicted molar refractivity (Wildman–Crippen MR) is 68.3 cm³/mol. The van der Waals surface area contributed by atoms with Gasteiger partial charge in [0.05, 0.1) is 19.0 Å². The van der Waals surface area contributed by atoms with E-state index < -0.39 is 0 Å². The van der Waals surface area contributed by atoms with E-state index in [2.05, 4.69) is 10.2 Å². The summed E-state index contributed by atoms with van der Waals surface area (Å²) in [4.78, 5) is 0. The summed E-state index contributed by atoms with van der Waals surface area (Å²) >= 11 is 6.01. The van der Waals surface area contributed by atoms with Crippen LogP contribution in [0.3, 0.4) is 0 Å². The highest BCUT2D eigenvalue weighted by Crippen LogP contribution is 2.33. The second kappa shape index (κ2) is 5.21. The van der Waals surface area contributed by atoms with Gasteiger partial charge in [0.2, 0.25) is 0 Å². The van der Waals surface area contributed by atoms with Gasteiger partial charge in [0, 0.05) is 10.6 Å². The van der Waals surface area contributed by atoms with E-state index in [1.807, 2.05) is 12.1 Å². The summed E-state index contributed by atoms with van der Waals surface area (Å²) in [6.45, 7) is 0.579.